The summed E-state index contributed by atoms with van der Waals surface area (Å²) in [4.78, 5) is 0. The smallest absolute Gasteiger partial charge is 0.204 e. The Balaban J connectivity index is 2.43. The fraction of sp³-hybridized carbons (Fsp3) is 0.0769. The van der Waals surface area contributed by atoms with E-state index < -0.39 is 29.0 Å². The molecule has 2 rings (SSSR count). The first kappa shape index (κ1) is 13.2. The Labute approximate surface area is 106 Å². The van der Waals surface area contributed by atoms with Gasteiger partial charge in [-0.15, -0.1) is 0 Å². The lowest BCUT2D eigenvalue weighted by molar-refractivity contribution is 0.362. The molecule has 0 heterocycles. The minimum Gasteiger partial charge on any atom is -0.497 e. The van der Waals surface area contributed by atoms with Crippen molar-refractivity contribution in [3.05, 3.63) is 53.6 Å². The first-order valence-corrected chi connectivity index (χ1v) is 5.18. The van der Waals surface area contributed by atoms with Crippen molar-refractivity contribution in [2.24, 2.45) is 0 Å². The van der Waals surface area contributed by atoms with Crippen LogP contribution in [0.3, 0.4) is 0 Å². The lowest BCUT2D eigenvalue weighted by Crippen LogP contribution is -1.99. The van der Waals surface area contributed by atoms with Crippen LogP contribution in [-0.4, -0.2) is 7.11 Å². The van der Waals surface area contributed by atoms with Crippen LogP contribution in [-0.2, 0) is 0 Å². The molecule has 0 saturated heterocycles. The number of ether oxygens (including phenoxy) is 2. The number of halogens is 4. The van der Waals surface area contributed by atoms with Gasteiger partial charge in [0.2, 0.25) is 17.4 Å². The van der Waals surface area contributed by atoms with Crippen LogP contribution in [0.4, 0.5) is 17.6 Å². The predicted molar refractivity (Wildman–Crippen MR) is 59.3 cm³/mol. The van der Waals surface area contributed by atoms with E-state index in [2.05, 4.69) is 0 Å². The quantitative estimate of drug-likeness (QED) is 0.620. The average Bonchev–Trinajstić information content (AvgIpc) is 2.41. The first-order valence-electron chi connectivity index (χ1n) is 5.18. The van der Waals surface area contributed by atoms with Gasteiger partial charge in [0.25, 0.3) is 0 Å². The van der Waals surface area contributed by atoms with E-state index in [-0.39, 0.29) is 11.8 Å². The highest BCUT2D eigenvalue weighted by Gasteiger charge is 2.21. The van der Waals surface area contributed by atoms with Crippen molar-refractivity contribution in [3.8, 4) is 17.2 Å². The maximum absolute atomic E-state index is 13.4. The third kappa shape index (κ3) is 2.62. The summed E-state index contributed by atoms with van der Waals surface area (Å²) in [5.74, 6) is -7.03. The summed E-state index contributed by atoms with van der Waals surface area (Å²) >= 11 is 0. The largest absolute Gasteiger partial charge is 0.497 e. The molecule has 2 aromatic carbocycles. The molecule has 100 valence electrons. The van der Waals surface area contributed by atoms with Gasteiger partial charge >= 0.3 is 0 Å². The van der Waals surface area contributed by atoms with Crippen molar-refractivity contribution < 1.29 is 27.0 Å². The summed E-state index contributed by atoms with van der Waals surface area (Å²) in [5.41, 5.74) is 0. The molecular formula is C13H8F4O2. The molecule has 0 unspecified atom stereocenters. The Hall–Kier alpha value is -2.24. The summed E-state index contributed by atoms with van der Waals surface area (Å²) in [7, 11) is 1.39. The normalized spacial score (nSPS) is 10.4. The Bertz CT molecular complexity index is 588. The molecule has 0 bridgehead atoms. The van der Waals surface area contributed by atoms with Crippen LogP contribution in [0, 0.1) is 23.3 Å². The Morgan fingerprint density at radius 2 is 1.42 bits per heavy atom. The van der Waals surface area contributed by atoms with E-state index in [9.17, 15) is 17.6 Å². The van der Waals surface area contributed by atoms with Gasteiger partial charge in [-0.25, -0.2) is 8.78 Å². The highest BCUT2D eigenvalue weighted by atomic mass is 19.2. The highest BCUT2D eigenvalue weighted by molar-refractivity contribution is 5.38. The molecule has 0 amide bonds. The van der Waals surface area contributed by atoms with Crippen molar-refractivity contribution in [1.82, 2.24) is 0 Å². The van der Waals surface area contributed by atoms with Gasteiger partial charge in [-0.05, 0) is 12.1 Å². The summed E-state index contributed by atoms with van der Waals surface area (Å²) in [6, 6.07) is 5.88. The minimum absolute atomic E-state index is 0.0119. The Morgan fingerprint density at radius 3 is 2.00 bits per heavy atom. The molecular weight excluding hydrogens is 264 g/mol. The number of benzene rings is 2. The lowest BCUT2D eigenvalue weighted by atomic mass is 10.3. The van der Waals surface area contributed by atoms with Crippen molar-refractivity contribution in [3.63, 3.8) is 0 Å². The van der Waals surface area contributed by atoms with E-state index in [1.807, 2.05) is 0 Å². The van der Waals surface area contributed by atoms with E-state index in [1.165, 1.54) is 25.3 Å². The van der Waals surface area contributed by atoms with E-state index in [0.717, 1.165) is 0 Å². The second-order valence-corrected chi connectivity index (χ2v) is 3.58. The van der Waals surface area contributed by atoms with Crippen molar-refractivity contribution in [1.29, 1.82) is 0 Å². The second kappa shape index (κ2) is 5.17. The molecule has 0 saturated carbocycles. The maximum atomic E-state index is 13.4. The molecule has 6 heteroatoms. The molecule has 0 aliphatic heterocycles. The summed E-state index contributed by atoms with van der Waals surface area (Å²) < 4.78 is 62.4. The monoisotopic (exact) mass is 272 g/mol. The minimum atomic E-state index is -1.60. The topological polar surface area (TPSA) is 18.5 Å². The van der Waals surface area contributed by atoms with Gasteiger partial charge in [0.05, 0.1) is 7.11 Å². The third-order valence-electron chi connectivity index (χ3n) is 2.33. The molecule has 0 aliphatic carbocycles. The number of hydrogen-bond acceptors (Lipinski definition) is 2. The molecule has 0 N–H and O–H groups in total. The van der Waals surface area contributed by atoms with Gasteiger partial charge in [-0.2, -0.15) is 8.78 Å². The van der Waals surface area contributed by atoms with Crippen LogP contribution >= 0.6 is 0 Å². The molecule has 0 fully saturated rings. The number of methoxy groups -OCH3 is 1. The van der Waals surface area contributed by atoms with Crippen LogP contribution in [0.1, 0.15) is 0 Å². The van der Waals surface area contributed by atoms with Crippen molar-refractivity contribution >= 4 is 0 Å². The van der Waals surface area contributed by atoms with Crippen LogP contribution in [0.25, 0.3) is 0 Å². The van der Waals surface area contributed by atoms with E-state index in [1.54, 1.807) is 6.07 Å². The maximum Gasteiger partial charge on any atom is 0.204 e. The van der Waals surface area contributed by atoms with Gasteiger partial charge in [0, 0.05) is 12.1 Å². The number of hydrogen-bond donors (Lipinski definition) is 0. The van der Waals surface area contributed by atoms with E-state index >= 15 is 0 Å². The first-order chi connectivity index (χ1) is 9.02. The molecule has 2 aromatic rings. The van der Waals surface area contributed by atoms with Crippen molar-refractivity contribution in [2.45, 2.75) is 0 Å². The SMILES string of the molecule is COc1cccc(Oc2c(F)c(F)cc(F)c2F)c1. The Morgan fingerprint density at radius 1 is 0.842 bits per heavy atom. The summed E-state index contributed by atoms with van der Waals surface area (Å²) in [6.07, 6.45) is 0. The standard InChI is InChI=1S/C13H8F4O2/c1-18-7-3-2-4-8(5-7)19-13-11(16)9(14)6-10(15)12(13)17/h2-6H,1H3. The van der Waals surface area contributed by atoms with E-state index in [0.29, 0.717) is 5.75 Å². The second-order valence-electron chi connectivity index (χ2n) is 3.58. The zero-order chi connectivity index (χ0) is 14.0. The van der Waals surface area contributed by atoms with Gasteiger partial charge < -0.3 is 9.47 Å². The molecule has 19 heavy (non-hydrogen) atoms. The molecule has 0 aromatic heterocycles. The summed E-state index contributed by atoms with van der Waals surface area (Å²) in [6.45, 7) is 0. The van der Waals surface area contributed by atoms with Gasteiger partial charge in [-0.3, -0.25) is 0 Å². The molecule has 0 spiro atoms. The fourth-order valence-electron chi connectivity index (χ4n) is 1.42. The molecule has 2 nitrogen and oxygen atoms in total. The van der Waals surface area contributed by atoms with Crippen molar-refractivity contribution in [2.75, 3.05) is 7.11 Å². The zero-order valence-electron chi connectivity index (χ0n) is 9.72. The highest BCUT2D eigenvalue weighted by Crippen LogP contribution is 2.32. The predicted octanol–water partition coefficient (Wildman–Crippen LogP) is 4.04. The Kier molecular flexibility index (Phi) is 3.59. The van der Waals surface area contributed by atoms with Crippen LogP contribution in [0.5, 0.6) is 17.2 Å². The average molecular weight is 272 g/mol. The van der Waals surface area contributed by atoms with E-state index in [4.69, 9.17) is 9.47 Å². The molecule has 0 radical (unpaired) electrons. The van der Waals surface area contributed by atoms with Gasteiger partial charge in [0.1, 0.15) is 11.5 Å². The van der Waals surface area contributed by atoms with Gasteiger partial charge in [-0.1, -0.05) is 6.07 Å². The molecule has 0 aliphatic rings. The van der Waals surface area contributed by atoms with Crippen LogP contribution in [0.2, 0.25) is 0 Å². The summed E-state index contributed by atoms with van der Waals surface area (Å²) in [5, 5.41) is 0. The van der Waals surface area contributed by atoms with Crippen LogP contribution < -0.4 is 9.47 Å². The zero-order valence-corrected chi connectivity index (χ0v) is 9.72. The third-order valence-corrected chi connectivity index (χ3v) is 2.33. The lowest BCUT2D eigenvalue weighted by Gasteiger charge is -2.09. The van der Waals surface area contributed by atoms with Gasteiger partial charge in [0.15, 0.2) is 11.6 Å². The number of rotatable bonds is 3. The fourth-order valence-corrected chi connectivity index (χ4v) is 1.42. The van der Waals surface area contributed by atoms with Crippen LogP contribution in [0.15, 0.2) is 30.3 Å². The molecule has 0 atom stereocenters.